The lowest BCUT2D eigenvalue weighted by Gasteiger charge is -2.06. The molecule has 1 rings (SSSR count). The Morgan fingerprint density at radius 2 is 1.94 bits per heavy atom. The molecule has 0 unspecified atom stereocenters. The number of aromatic nitrogens is 2. The normalized spacial score (nSPS) is 12.0. The molecule has 1 N–H and O–H groups in total. The summed E-state index contributed by atoms with van der Waals surface area (Å²) in [6.07, 6.45) is 0.671. The molecular formula is C12H23N3O2S. The van der Waals surface area contributed by atoms with Crippen molar-refractivity contribution in [3.8, 4) is 0 Å². The van der Waals surface area contributed by atoms with Crippen molar-refractivity contribution in [2.75, 3.05) is 18.6 Å². The Hall–Kier alpha value is -0.880. The minimum atomic E-state index is -2.94. The highest BCUT2D eigenvalue weighted by molar-refractivity contribution is 7.91. The van der Waals surface area contributed by atoms with E-state index in [1.165, 1.54) is 0 Å². The van der Waals surface area contributed by atoms with Crippen LogP contribution in [0.1, 0.15) is 30.3 Å². The quantitative estimate of drug-likeness (QED) is 0.806. The van der Waals surface area contributed by atoms with Crippen LogP contribution >= 0.6 is 0 Å². The largest absolute Gasteiger partial charge is 0.316 e. The summed E-state index contributed by atoms with van der Waals surface area (Å²) < 4.78 is 25.2. The molecule has 1 aromatic rings. The molecule has 1 aromatic heterocycles. The number of sulfone groups is 1. The lowest BCUT2D eigenvalue weighted by atomic mass is 10.2. The lowest BCUT2D eigenvalue weighted by Crippen LogP contribution is -2.17. The average Bonchev–Trinajstić information content (AvgIpc) is 2.55. The monoisotopic (exact) mass is 273 g/mol. The van der Waals surface area contributed by atoms with Gasteiger partial charge in [0.2, 0.25) is 0 Å². The van der Waals surface area contributed by atoms with Gasteiger partial charge in [-0.3, -0.25) is 4.68 Å². The molecule has 0 amide bonds. The van der Waals surface area contributed by atoms with E-state index in [-0.39, 0.29) is 11.5 Å². The predicted octanol–water partition coefficient (Wildman–Crippen LogP) is 1.04. The van der Waals surface area contributed by atoms with Gasteiger partial charge >= 0.3 is 0 Å². The Morgan fingerprint density at radius 3 is 2.50 bits per heavy atom. The van der Waals surface area contributed by atoms with E-state index < -0.39 is 9.84 Å². The maximum atomic E-state index is 11.7. The van der Waals surface area contributed by atoms with Crippen molar-refractivity contribution in [1.29, 1.82) is 0 Å². The molecule has 5 nitrogen and oxygen atoms in total. The third kappa shape index (κ3) is 3.81. The zero-order valence-corrected chi connectivity index (χ0v) is 12.5. The summed E-state index contributed by atoms with van der Waals surface area (Å²) in [6.45, 7) is 7.03. The molecule has 0 aliphatic rings. The van der Waals surface area contributed by atoms with E-state index >= 15 is 0 Å². The molecule has 0 aliphatic carbocycles. The van der Waals surface area contributed by atoms with Gasteiger partial charge in [0.15, 0.2) is 9.84 Å². The highest BCUT2D eigenvalue weighted by atomic mass is 32.2. The van der Waals surface area contributed by atoms with Crippen LogP contribution in [-0.4, -0.2) is 36.8 Å². The van der Waals surface area contributed by atoms with E-state index in [1.54, 1.807) is 4.68 Å². The molecule has 0 bridgehead atoms. The van der Waals surface area contributed by atoms with Crippen molar-refractivity contribution in [3.63, 3.8) is 0 Å². The minimum absolute atomic E-state index is 0.168. The molecular weight excluding hydrogens is 250 g/mol. The fourth-order valence-electron chi connectivity index (χ4n) is 2.02. The maximum Gasteiger partial charge on any atom is 0.152 e. The fourth-order valence-corrected chi connectivity index (χ4v) is 3.30. The Bertz CT molecular complexity index is 492. The third-order valence-corrected chi connectivity index (χ3v) is 4.85. The number of nitrogens with zero attached hydrogens (tertiary/aromatic N) is 2. The van der Waals surface area contributed by atoms with Gasteiger partial charge in [-0.25, -0.2) is 8.42 Å². The maximum absolute atomic E-state index is 11.7. The summed E-state index contributed by atoms with van der Waals surface area (Å²) in [4.78, 5) is 0. The van der Waals surface area contributed by atoms with Gasteiger partial charge < -0.3 is 5.32 Å². The van der Waals surface area contributed by atoms with E-state index in [0.717, 1.165) is 23.5 Å². The summed E-state index contributed by atoms with van der Waals surface area (Å²) >= 11 is 0. The highest BCUT2D eigenvalue weighted by Gasteiger charge is 2.14. The van der Waals surface area contributed by atoms with E-state index in [1.807, 2.05) is 27.8 Å². The van der Waals surface area contributed by atoms with E-state index in [2.05, 4.69) is 10.4 Å². The van der Waals surface area contributed by atoms with E-state index in [0.29, 0.717) is 13.0 Å². The molecule has 0 aromatic carbocycles. The lowest BCUT2D eigenvalue weighted by molar-refractivity contribution is 0.575. The Balaban J connectivity index is 2.77. The van der Waals surface area contributed by atoms with Crippen LogP contribution in [-0.2, 0) is 22.9 Å². The van der Waals surface area contributed by atoms with Crippen LogP contribution in [0.25, 0.3) is 0 Å². The Morgan fingerprint density at radius 1 is 1.28 bits per heavy atom. The summed E-state index contributed by atoms with van der Waals surface area (Å²) in [6, 6.07) is 0. The van der Waals surface area contributed by atoms with E-state index in [9.17, 15) is 8.42 Å². The first-order chi connectivity index (χ1) is 8.41. The average molecular weight is 273 g/mol. The van der Waals surface area contributed by atoms with Gasteiger partial charge in [-0.15, -0.1) is 0 Å². The molecule has 1 heterocycles. The van der Waals surface area contributed by atoms with Crippen molar-refractivity contribution in [3.05, 3.63) is 17.0 Å². The molecule has 104 valence electrons. The molecule has 0 saturated heterocycles. The van der Waals surface area contributed by atoms with Crippen molar-refractivity contribution >= 4 is 9.84 Å². The Kier molecular flexibility index (Phi) is 5.34. The van der Waals surface area contributed by atoms with Gasteiger partial charge in [-0.2, -0.15) is 5.10 Å². The third-order valence-electron chi connectivity index (χ3n) is 3.01. The van der Waals surface area contributed by atoms with E-state index in [4.69, 9.17) is 0 Å². The molecule has 18 heavy (non-hydrogen) atoms. The van der Waals surface area contributed by atoms with Crippen LogP contribution in [0.4, 0.5) is 0 Å². The predicted molar refractivity (Wildman–Crippen MR) is 73.4 cm³/mol. The van der Waals surface area contributed by atoms with Crippen molar-refractivity contribution in [1.82, 2.24) is 15.1 Å². The molecule has 0 spiro atoms. The molecule has 6 heteroatoms. The van der Waals surface area contributed by atoms with Gasteiger partial charge in [-0.1, -0.05) is 6.92 Å². The second-order valence-corrected chi connectivity index (χ2v) is 6.86. The van der Waals surface area contributed by atoms with Crippen LogP contribution in [0.15, 0.2) is 0 Å². The van der Waals surface area contributed by atoms with Gasteiger partial charge in [-0.05, 0) is 27.3 Å². The fraction of sp³-hybridized carbons (Fsp3) is 0.750. The number of hydrogen-bond donors (Lipinski definition) is 1. The van der Waals surface area contributed by atoms with Crippen molar-refractivity contribution < 1.29 is 8.42 Å². The Labute approximate surface area is 109 Å². The second-order valence-electron chi connectivity index (χ2n) is 4.55. The summed E-state index contributed by atoms with van der Waals surface area (Å²) in [5, 5.41) is 7.50. The van der Waals surface area contributed by atoms with Crippen LogP contribution < -0.4 is 5.32 Å². The number of nitrogens with one attached hydrogen (secondary N) is 1. The van der Waals surface area contributed by atoms with Crippen molar-refractivity contribution in [2.45, 2.75) is 40.3 Å². The zero-order valence-electron chi connectivity index (χ0n) is 11.7. The molecule has 0 saturated carbocycles. The number of rotatable bonds is 7. The topological polar surface area (TPSA) is 64.0 Å². The summed E-state index contributed by atoms with van der Waals surface area (Å²) in [5.74, 6) is 0.428. The first kappa shape index (κ1) is 15.2. The number of hydrogen-bond acceptors (Lipinski definition) is 4. The highest BCUT2D eigenvalue weighted by Crippen LogP contribution is 2.12. The smallest absolute Gasteiger partial charge is 0.152 e. The molecule has 0 fully saturated rings. The number of aryl methyl sites for hydroxylation is 2. The minimum Gasteiger partial charge on any atom is -0.316 e. The first-order valence-corrected chi connectivity index (χ1v) is 8.11. The van der Waals surface area contributed by atoms with Crippen LogP contribution in [0.3, 0.4) is 0 Å². The standard InChI is InChI=1S/C12H23N3O2S/c1-5-7-18(16,17)8-6-15-11(3)12(9-13-4)10(2)14-15/h13H,5-9H2,1-4H3. The SMILES string of the molecule is CCCS(=O)(=O)CCn1nc(C)c(CNC)c1C. The summed E-state index contributed by atoms with van der Waals surface area (Å²) in [5.41, 5.74) is 3.17. The zero-order chi connectivity index (χ0) is 13.8. The summed E-state index contributed by atoms with van der Waals surface area (Å²) in [7, 11) is -1.05. The second kappa shape index (κ2) is 6.33. The van der Waals surface area contributed by atoms with Crippen LogP contribution in [0, 0.1) is 13.8 Å². The van der Waals surface area contributed by atoms with Crippen molar-refractivity contribution in [2.24, 2.45) is 0 Å². The van der Waals surface area contributed by atoms with Crippen LogP contribution in [0.5, 0.6) is 0 Å². The van der Waals surface area contributed by atoms with Gasteiger partial charge in [0.1, 0.15) is 0 Å². The van der Waals surface area contributed by atoms with Gasteiger partial charge in [0.05, 0.1) is 18.0 Å². The molecule has 0 aliphatic heterocycles. The molecule has 0 atom stereocenters. The van der Waals surface area contributed by atoms with Gasteiger partial charge in [0.25, 0.3) is 0 Å². The van der Waals surface area contributed by atoms with Crippen LogP contribution in [0.2, 0.25) is 0 Å². The van der Waals surface area contributed by atoms with Gasteiger partial charge in [0, 0.05) is 23.6 Å². The first-order valence-electron chi connectivity index (χ1n) is 6.29. The molecule has 0 radical (unpaired) electrons.